The minimum absolute atomic E-state index is 0.0110. The molecule has 1 amide bonds. The van der Waals surface area contributed by atoms with Crippen molar-refractivity contribution in [3.8, 4) is 0 Å². The Kier molecular flexibility index (Phi) is 6.02. The summed E-state index contributed by atoms with van der Waals surface area (Å²) in [7, 11) is 0. The number of carbonyl (C=O) groups excluding carboxylic acids is 1. The first-order valence-corrected chi connectivity index (χ1v) is 11.0. The van der Waals surface area contributed by atoms with Crippen molar-refractivity contribution < 1.29 is 4.79 Å². The summed E-state index contributed by atoms with van der Waals surface area (Å²) in [6.07, 6.45) is 8.08. The van der Waals surface area contributed by atoms with Gasteiger partial charge in [-0.3, -0.25) is 4.79 Å². The third-order valence-corrected chi connectivity index (χ3v) is 6.60. The van der Waals surface area contributed by atoms with Gasteiger partial charge in [0.25, 0.3) is 0 Å². The Morgan fingerprint density at radius 2 is 2.06 bits per heavy atom. The monoisotopic (exact) mass is 418 g/mol. The van der Waals surface area contributed by atoms with E-state index in [0.29, 0.717) is 24.7 Å². The van der Waals surface area contributed by atoms with Crippen LogP contribution in [0.15, 0.2) is 31.1 Å². The first-order valence-electron chi connectivity index (χ1n) is 11.0. The van der Waals surface area contributed by atoms with Crippen molar-refractivity contribution in [3.05, 3.63) is 59.1 Å². The van der Waals surface area contributed by atoms with Crippen molar-refractivity contribution in [2.75, 3.05) is 36.8 Å². The van der Waals surface area contributed by atoms with E-state index in [9.17, 15) is 4.79 Å². The summed E-state index contributed by atoms with van der Waals surface area (Å²) < 4.78 is 0. The van der Waals surface area contributed by atoms with Crippen LogP contribution in [0.3, 0.4) is 0 Å². The molecule has 1 aromatic heterocycles. The quantitative estimate of drug-likeness (QED) is 0.442. The standard InChI is InChI=1S/C24H30N6O/c1-3-16-6-8-20(26)19(14-25)23(16)17-5-7-18-21(13-17)27-15-28-24(18)30-11-9-29(10-12-30)22(31)4-2/h4,6,8,14-15,17,25H,2-3,5,7,9-13,26H2,1H3. The van der Waals surface area contributed by atoms with E-state index in [1.54, 1.807) is 6.33 Å². The van der Waals surface area contributed by atoms with Crippen LogP contribution in [0.4, 0.5) is 11.5 Å². The Bertz CT molecular complexity index is 1010. The SMILES string of the molecule is C=CC(=O)N1CCN(c2ncnc3c2CCC(c2c(CC)ccc(N)c2C=N)C3)CC1. The number of nitrogens with zero attached hydrogens (tertiary/aromatic N) is 4. The molecule has 162 valence electrons. The second-order valence-corrected chi connectivity index (χ2v) is 8.22. The molecule has 0 bridgehead atoms. The van der Waals surface area contributed by atoms with Gasteiger partial charge in [0.2, 0.25) is 5.91 Å². The lowest BCUT2D eigenvalue weighted by Crippen LogP contribution is -2.49. The number of anilines is 2. The van der Waals surface area contributed by atoms with E-state index in [2.05, 4.69) is 34.4 Å². The van der Waals surface area contributed by atoms with Crippen molar-refractivity contribution in [2.45, 2.75) is 38.5 Å². The maximum Gasteiger partial charge on any atom is 0.246 e. The number of nitrogen functional groups attached to an aromatic ring is 1. The molecule has 1 aliphatic carbocycles. The fourth-order valence-corrected chi connectivity index (χ4v) is 4.96. The van der Waals surface area contributed by atoms with Crippen LogP contribution in [-0.4, -0.2) is 53.2 Å². The smallest absolute Gasteiger partial charge is 0.246 e. The van der Waals surface area contributed by atoms with Crippen molar-refractivity contribution in [3.63, 3.8) is 0 Å². The number of amides is 1. The average molecular weight is 419 g/mol. The molecule has 1 aromatic carbocycles. The zero-order valence-electron chi connectivity index (χ0n) is 18.1. The van der Waals surface area contributed by atoms with E-state index < -0.39 is 0 Å². The average Bonchev–Trinajstić information content (AvgIpc) is 2.82. The van der Waals surface area contributed by atoms with Crippen molar-refractivity contribution >= 4 is 23.6 Å². The summed E-state index contributed by atoms with van der Waals surface area (Å²) in [6.45, 7) is 8.62. The molecule has 2 heterocycles. The number of rotatable bonds is 5. The summed E-state index contributed by atoms with van der Waals surface area (Å²) in [6, 6.07) is 4.01. The maximum atomic E-state index is 11.9. The van der Waals surface area contributed by atoms with E-state index in [0.717, 1.165) is 55.8 Å². The molecule has 4 rings (SSSR count). The highest BCUT2D eigenvalue weighted by Crippen LogP contribution is 2.39. The van der Waals surface area contributed by atoms with E-state index in [1.165, 1.54) is 29.0 Å². The molecule has 2 aliphatic rings. The van der Waals surface area contributed by atoms with Gasteiger partial charge in [-0.1, -0.05) is 19.6 Å². The van der Waals surface area contributed by atoms with E-state index >= 15 is 0 Å². The van der Waals surface area contributed by atoms with Crippen molar-refractivity contribution in [2.24, 2.45) is 0 Å². The number of aryl methyl sites for hydroxylation is 1. The molecule has 1 unspecified atom stereocenters. The van der Waals surface area contributed by atoms with E-state index in [-0.39, 0.29) is 5.91 Å². The molecule has 31 heavy (non-hydrogen) atoms. The van der Waals surface area contributed by atoms with Crippen LogP contribution in [0.2, 0.25) is 0 Å². The number of piperazine rings is 1. The second kappa shape index (κ2) is 8.88. The summed E-state index contributed by atoms with van der Waals surface area (Å²) in [4.78, 5) is 25.2. The molecular formula is C24H30N6O. The Morgan fingerprint density at radius 3 is 2.74 bits per heavy atom. The zero-order chi connectivity index (χ0) is 22.0. The molecule has 0 saturated carbocycles. The predicted octanol–water partition coefficient (Wildman–Crippen LogP) is 2.73. The zero-order valence-corrected chi connectivity index (χ0v) is 18.1. The highest BCUT2D eigenvalue weighted by Gasteiger charge is 2.30. The lowest BCUT2D eigenvalue weighted by molar-refractivity contribution is -0.126. The van der Waals surface area contributed by atoms with Crippen LogP contribution in [0.5, 0.6) is 0 Å². The van der Waals surface area contributed by atoms with Gasteiger partial charge in [0, 0.05) is 54.9 Å². The van der Waals surface area contributed by atoms with Gasteiger partial charge in [-0.05, 0) is 54.9 Å². The number of nitrogens with two attached hydrogens (primary N) is 1. The number of fused-ring (bicyclic) bond motifs is 1. The predicted molar refractivity (Wildman–Crippen MR) is 124 cm³/mol. The van der Waals surface area contributed by atoms with Crippen LogP contribution in [0.1, 0.15) is 47.2 Å². The number of hydrogen-bond donors (Lipinski definition) is 2. The summed E-state index contributed by atoms with van der Waals surface area (Å²) in [5.74, 6) is 1.29. The van der Waals surface area contributed by atoms with Gasteiger partial charge in [0.15, 0.2) is 0 Å². The highest BCUT2D eigenvalue weighted by molar-refractivity contribution is 5.88. The number of aromatic nitrogens is 2. The van der Waals surface area contributed by atoms with Crippen LogP contribution < -0.4 is 10.6 Å². The molecule has 1 saturated heterocycles. The summed E-state index contributed by atoms with van der Waals surface area (Å²) >= 11 is 0. The molecule has 3 N–H and O–H groups in total. The second-order valence-electron chi connectivity index (χ2n) is 8.22. The minimum Gasteiger partial charge on any atom is -0.398 e. The van der Waals surface area contributed by atoms with Gasteiger partial charge in [0.1, 0.15) is 12.1 Å². The Balaban J connectivity index is 1.59. The van der Waals surface area contributed by atoms with Crippen LogP contribution in [0.25, 0.3) is 0 Å². The first kappa shape index (κ1) is 21.0. The highest BCUT2D eigenvalue weighted by atomic mass is 16.2. The third-order valence-electron chi connectivity index (χ3n) is 6.60. The normalized spacial score (nSPS) is 18.4. The molecule has 0 radical (unpaired) electrons. The van der Waals surface area contributed by atoms with Crippen LogP contribution in [0, 0.1) is 5.41 Å². The number of nitrogens with one attached hydrogen (secondary N) is 1. The third kappa shape index (κ3) is 3.92. The number of carbonyl (C=O) groups is 1. The van der Waals surface area contributed by atoms with Crippen molar-refractivity contribution in [1.82, 2.24) is 14.9 Å². The first-order chi connectivity index (χ1) is 15.1. The molecule has 1 fully saturated rings. The fraction of sp³-hybridized carbons (Fsp3) is 0.417. The van der Waals surface area contributed by atoms with E-state index in [4.69, 9.17) is 11.1 Å². The molecule has 2 aromatic rings. The Labute approximate surface area is 183 Å². The van der Waals surface area contributed by atoms with Gasteiger partial charge in [-0.25, -0.2) is 9.97 Å². The minimum atomic E-state index is -0.0110. The van der Waals surface area contributed by atoms with Gasteiger partial charge >= 0.3 is 0 Å². The summed E-state index contributed by atoms with van der Waals surface area (Å²) in [5.41, 5.74) is 12.5. The number of benzene rings is 1. The molecule has 1 atom stereocenters. The van der Waals surface area contributed by atoms with Crippen LogP contribution in [-0.2, 0) is 24.1 Å². The molecular weight excluding hydrogens is 388 g/mol. The fourth-order valence-electron chi connectivity index (χ4n) is 4.96. The van der Waals surface area contributed by atoms with Crippen LogP contribution >= 0.6 is 0 Å². The van der Waals surface area contributed by atoms with Gasteiger partial charge in [-0.15, -0.1) is 0 Å². The summed E-state index contributed by atoms with van der Waals surface area (Å²) in [5, 5.41) is 7.92. The largest absolute Gasteiger partial charge is 0.398 e. The number of hydrogen-bond acceptors (Lipinski definition) is 6. The Hall–Kier alpha value is -3.22. The molecule has 7 heteroatoms. The van der Waals surface area contributed by atoms with Gasteiger partial charge in [-0.2, -0.15) is 0 Å². The molecule has 1 aliphatic heterocycles. The molecule has 7 nitrogen and oxygen atoms in total. The van der Waals surface area contributed by atoms with E-state index in [1.807, 2.05) is 11.0 Å². The molecule has 0 spiro atoms. The Morgan fingerprint density at radius 1 is 1.29 bits per heavy atom. The van der Waals surface area contributed by atoms with Crippen molar-refractivity contribution in [1.29, 1.82) is 5.41 Å². The maximum absolute atomic E-state index is 11.9. The topological polar surface area (TPSA) is 99.2 Å². The lowest BCUT2D eigenvalue weighted by atomic mass is 9.78. The van der Waals surface area contributed by atoms with Gasteiger partial charge < -0.3 is 20.9 Å². The lowest BCUT2D eigenvalue weighted by Gasteiger charge is -2.37. The van der Waals surface area contributed by atoms with Gasteiger partial charge in [0.05, 0.1) is 0 Å².